The Morgan fingerprint density at radius 3 is 2.85 bits per heavy atom. The molecule has 1 aliphatic heterocycles. The van der Waals surface area contributed by atoms with Crippen molar-refractivity contribution >= 4 is 11.6 Å². The van der Waals surface area contributed by atoms with Crippen LogP contribution in [-0.4, -0.2) is 24.0 Å². The van der Waals surface area contributed by atoms with Gasteiger partial charge in [-0.25, -0.2) is 0 Å². The fourth-order valence-electron chi connectivity index (χ4n) is 2.35. The van der Waals surface area contributed by atoms with Gasteiger partial charge in [0.1, 0.15) is 12.4 Å². The Labute approximate surface area is 117 Å². The number of benzene rings is 2. The molecule has 0 aromatic heterocycles. The molecule has 0 aliphatic carbocycles. The largest absolute Gasteiger partial charge is 0.491 e. The second kappa shape index (κ2) is 5.25. The highest BCUT2D eigenvalue weighted by Crippen LogP contribution is 2.23. The van der Waals surface area contributed by atoms with Crippen molar-refractivity contribution in [1.29, 1.82) is 0 Å². The minimum absolute atomic E-state index is 0.0161. The molecule has 20 heavy (non-hydrogen) atoms. The van der Waals surface area contributed by atoms with Crippen molar-refractivity contribution in [3.8, 4) is 5.75 Å². The molecule has 0 atom stereocenters. The number of amides is 1. The summed E-state index contributed by atoms with van der Waals surface area (Å²) in [7, 11) is 0. The number of hydrogen-bond donors (Lipinski definition) is 1. The first-order valence-electron chi connectivity index (χ1n) is 6.59. The number of para-hydroxylation sites is 1. The van der Waals surface area contributed by atoms with Crippen LogP contribution < -0.4 is 10.5 Å². The molecule has 102 valence electrons. The van der Waals surface area contributed by atoms with Gasteiger partial charge in [-0.2, -0.15) is 0 Å². The lowest BCUT2D eigenvalue weighted by atomic mass is 10.1. The highest BCUT2D eigenvalue weighted by molar-refractivity contribution is 5.95. The Bertz CT molecular complexity index is 640. The first-order chi connectivity index (χ1) is 9.74. The van der Waals surface area contributed by atoms with Crippen LogP contribution in [0.4, 0.5) is 5.69 Å². The fourth-order valence-corrected chi connectivity index (χ4v) is 2.35. The van der Waals surface area contributed by atoms with Gasteiger partial charge in [0.15, 0.2) is 0 Å². The lowest BCUT2D eigenvalue weighted by Crippen LogP contribution is -2.32. The fraction of sp³-hybridized carbons (Fsp3) is 0.188. The molecule has 4 nitrogen and oxygen atoms in total. The number of ether oxygens (including phenoxy) is 1. The molecule has 0 spiro atoms. The standard InChI is InChI=1S/C16H16N2O2/c17-14-6-3-5-12(10-14)16(19)18-8-9-20-15-7-2-1-4-13(15)11-18/h1-7,10H,8-9,11,17H2. The highest BCUT2D eigenvalue weighted by Gasteiger charge is 2.20. The number of anilines is 1. The second-order valence-corrected chi connectivity index (χ2v) is 4.81. The number of fused-ring (bicyclic) bond motifs is 1. The summed E-state index contributed by atoms with van der Waals surface area (Å²) < 4.78 is 5.67. The second-order valence-electron chi connectivity index (χ2n) is 4.81. The molecule has 2 aromatic carbocycles. The molecule has 1 amide bonds. The smallest absolute Gasteiger partial charge is 0.254 e. The van der Waals surface area contributed by atoms with Gasteiger partial charge in [-0.3, -0.25) is 4.79 Å². The lowest BCUT2D eigenvalue weighted by molar-refractivity contribution is 0.0733. The molecular weight excluding hydrogens is 252 g/mol. The van der Waals surface area contributed by atoms with E-state index in [1.54, 1.807) is 29.2 Å². The first kappa shape index (κ1) is 12.5. The maximum Gasteiger partial charge on any atom is 0.254 e. The van der Waals surface area contributed by atoms with E-state index in [-0.39, 0.29) is 5.91 Å². The van der Waals surface area contributed by atoms with Gasteiger partial charge in [0.25, 0.3) is 5.91 Å². The van der Waals surface area contributed by atoms with E-state index in [4.69, 9.17) is 10.5 Å². The third kappa shape index (κ3) is 2.45. The van der Waals surface area contributed by atoms with Crippen LogP contribution in [0.5, 0.6) is 5.75 Å². The van der Waals surface area contributed by atoms with Gasteiger partial charge in [0.2, 0.25) is 0 Å². The van der Waals surface area contributed by atoms with Gasteiger partial charge in [-0.05, 0) is 24.3 Å². The summed E-state index contributed by atoms with van der Waals surface area (Å²) in [6.45, 7) is 1.64. The van der Waals surface area contributed by atoms with E-state index in [0.717, 1.165) is 11.3 Å². The van der Waals surface area contributed by atoms with Crippen molar-refractivity contribution < 1.29 is 9.53 Å². The quantitative estimate of drug-likeness (QED) is 0.807. The van der Waals surface area contributed by atoms with Crippen LogP contribution in [0, 0.1) is 0 Å². The van der Waals surface area contributed by atoms with Crippen LogP contribution in [0.1, 0.15) is 15.9 Å². The van der Waals surface area contributed by atoms with Crippen LogP contribution in [0.3, 0.4) is 0 Å². The molecule has 2 N–H and O–H groups in total. The van der Waals surface area contributed by atoms with Gasteiger partial charge in [0, 0.05) is 23.4 Å². The molecular formula is C16H16N2O2. The molecule has 0 fully saturated rings. The monoisotopic (exact) mass is 268 g/mol. The van der Waals surface area contributed by atoms with Crippen LogP contribution in [0.25, 0.3) is 0 Å². The lowest BCUT2D eigenvalue weighted by Gasteiger charge is -2.20. The Hall–Kier alpha value is -2.49. The van der Waals surface area contributed by atoms with E-state index in [1.807, 2.05) is 24.3 Å². The van der Waals surface area contributed by atoms with E-state index in [2.05, 4.69) is 0 Å². The molecule has 0 unspecified atom stereocenters. The molecule has 0 radical (unpaired) electrons. The van der Waals surface area contributed by atoms with Crippen molar-refractivity contribution in [2.45, 2.75) is 6.54 Å². The van der Waals surface area contributed by atoms with Crippen molar-refractivity contribution in [1.82, 2.24) is 4.90 Å². The topological polar surface area (TPSA) is 55.6 Å². The molecule has 3 rings (SSSR count). The zero-order valence-corrected chi connectivity index (χ0v) is 11.1. The molecule has 4 heteroatoms. The van der Waals surface area contributed by atoms with E-state index < -0.39 is 0 Å². The zero-order valence-electron chi connectivity index (χ0n) is 11.1. The van der Waals surface area contributed by atoms with Gasteiger partial charge in [-0.15, -0.1) is 0 Å². The van der Waals surface area contributed by atoms with E-state index in [9.17, 15) is 4.79 Å². The third-order valence-electron chi connectivity index (χ3n) is 3.37. The number of carbonyl (C=O) groups excluding carboxylic acids is 1. The van der Waals surface area contributed by atoms with E-state index in [1.165, 1.54) is 0 Å². The summed E-state index contributed by atoms with van der Waals surface area (Å²) >= 11 is 0. The predicted molar refractivity (Wildman–Crippen MR) is 77.5 cm³/mol. The van der Waals surface area contributed by atoms with Gasteiger partial charge in [-0.1, -0.05) is 24.3 Å². The Morgan fingerprint density at radius 2 is 2.00 bits per heavy atom. The maximum absolute atomic E-state index is 12.5. The van der Waals surface area contributed by atoms with Crippen LogP contribution in [-0.2, 0) is 6.54 Å². The maximum atomic E-state index is 12.5. The molecule has 0 saturated heterocycles. The van der Waals surface area contributed by atoms with Crippen molar-refractivity contribution in [2.24, 2.45) is 0 Å². The molecule has 1 heterocycles. The summed E-state index contributed by atoms with van der Waals surface area (Å²) in [6.07, 6.45) is 0. The first-order valence-corrected chi connectivity index (χ1v) is 6.59. The Morgan fingerprint density at radius 1 is 1.15 bits per heavy atom. The normalized spacial score (nSPS) is 14.1. The number of carbonyl (C=O) groups is 1. The number of rotatable bonds is 1. The number of nitrogen functional groups attached to an aromatic ring is 1. The number of nitrogens with zero attached hydrogens (tertiary/aromatic N) is 1. The summed E-state index contributed by atoms with van der Waals surface area (Å²) in [5.74, 6) is 0.841. The molecule has 0 bridgehead atoms. The van der Waals surface area contributed by atoms with E-state index >= 15 is 0 Å². The van der Waals surface area contributed by atoms with Gasteiger partial charge >= 0.3 is 0 Å². The van der Waals surface area contributed by atoms with Crippen molar-refractivity contribution in [3.63, 3.8) is 0 Å². The molecule has 0 saturated carbocycles. The average molecular weight is 268 g/mol. The van der Waals surface area contributed by atoms with Crippen LogP contribution in [0.2, 0.25) is 0 Å². The molecule has 2 aromatic rings. The van der Waals surface area contributed by atoms with E-state index in [0.29, 0.717) is 30.9 Å². The highest BCUT2D eigenvalue weighted by atomic mass is 16.5. The number of hydrogen-bond acceptors (Lipinski definition) is 3. The van der Waals surface area contributed by atoms with Crippen molar-refractivity contribution in [3.05, 3.63) is 59.7 Å². The average Bonchev–Trinajstić information content (AvgIpc) is 2.68. The minimum atomic E-state index is -0.0161. The number of nitrogens with two attached hydrogens (primary N) is 1. The van der Waals surface area contributed by atoms with Gasteiger partial charge < -0.3 is 15.4 Å². The van der Waals surface area contributed by atoms with Crippen LogP contribution >= 0.6 is 0 Å². The minimum Gasteiger partial charge on any atom is -0.491 e. The van der Waals surface area contributed by atoms with Crippen molar-refractivity contribution in [2.75, 3.05) is 18.9 Å². The summed E-state index contributed by atoms with van der Waals surface area (Å²) in [4.78, 5) is 14.3. The SMILES string of the molecule is Nc1cccc(C(=O)N2CCOc3ccccc3C2)c1. The Kier molecular flexibility index (Phi) is 3.29. The predicted octanol–water partition coefficient (Wildman–Crippen LogP) is 2.30. The molecule has 1 aliphatic rings. The van der Waals surface area contributed by atoms with Gasteiger partial charge in [0.05, 0.1) is 6.54 Å². The third-order valence-corrected chi connectivity index (χ3v) is 3.37. The Balaban J connectivity index is 1.86. The summed E-state index contributed by atoms with van der Waals surface area (Å²) in [6, 6.07) is 14.9. The summed E-state index contributed by atoms with van der Waals surface area (Å²) in [5, 5.41) is 0. The summed E-state index contributed by atoms with van der Waals surface area (Å²) in [5.41, 5.74) is 7.98. The zero-order chi connectivity index (χ0) is 13.9. The van der Waals surface area contributed by atoms with Crippen LogP contribution in [0.15, 0.2) is 48.5 Å².